The standard InChI is InChI=1S/C12H7BrClFN2O3/c13-10-4-8(15)5-11(17(18)19)12(10)20-6-9-3-7(14)1-2-16-9/h1-5H,6H2. The van der Waals surface area contributed by atoms with Gasteiger partial charge in [-0.1, -0.05) is 11.6 Å². The van der Waals surface area contributed by atoms with Crippen LogP contribution in [0.2, 0.25) is 5.02 Å². The molecule has 0 atom stereocenters. The second-order valence-electron chi connectivity index (χ2n) is 3.75. The van der Waals surface area contributed by atoms with Crippen LogP contribution >= 0.6 is 27.5 Å². The molecular weight excluding hydrogens is 354 g/mol. The van der Waals surface area contributed by atoms with Gasteiger partial charge in [-0.15, -0.1) is 0 Å². The number of nitro benzene ring substituents is 1. The molecule has 0 aliphatic heterocycles. The van der Waals surface area contributed by atoms with Crippen molar-refractivity contribution in [2.75, 3.05) is 0 Å². The van der Waals surface area contributed by atoms with Crippen LogP contribution in [0.5, 0.6) is 5.75 Å². The van der Waals surface area contributed by atoms with Gasteiger partial charge < -0.3 is 4.74 Å². The highest BCUT2D eigenvalue weighted by molar-refractivity contribution is 9.10. The lowest BCUT2D eigenvalue weighted by molar-refractivity contribution is -0.386. The predicted octanol–water partition coefficient (Wildman–Crippen LogP) is 4.12. The van der Waals surface area contributed by atoms with Crippen LogP contribution in [0.3, 0.4) is 0 Å². The molecule has 0 aliphatic carbocycles. The van der Waals surface area contributed by atoms with Crippen molar-refractivity contribution in [2.45, 2.75) is 6.61 Å². The second kappa shape index (κ2) is 6.15. The summed E-state index contributed by atoms with van der Waals surface area (Å²) in [5.74, 6) is -0.782. The van der Waals surface area contributed by atoms with Crippen LogP contribution in [-0.4, -0.2) is 9.91 Å². The highest BCUT2D eigenvalue weighted by atomic mass is 79.9. The Morgan fingerprint density at radius 1 is 1.45 bits per heavy atom. The van der Waals surface area contributed by atoms with Crippen molar-refractivity contribution in [3.05, 3.63) is 61.6 Å². The van der Waals surface area contributed by atoms with Crippen molar-refractivity contribution in [3.63, 3.8) is 0 Å². The largest absolute Gasteiger partial charge is 0.480 e. The molecule has 5 nitrogen and oxygen atoms in total. The third kappa shape index (κ3) is 3.43. The topological polar surface area (TPSA) is 65.3 Å². The third-order valence-corrected chi connectivity index (χ3v) is 3.15. The highest BCUT2D eigenvalue weighted by Crippen LogP contribution is 2.36. The molecule has 8 heteroatoms. The molecule has 0 aliphatic rings. The van der Waals surface area contributed by atoms with Crippen LogP contribution in [0.15, 0.2) is 34.9 Å². The van der Waals surface area contributed by atoms with E-state index < -0.39 is 16.4 Å². The molecule has 1 aromatic carbocycles. The van der Waals surface area contributed by atoms with Crippen molar-refractivity contribution in [1.82, 2.24) is 4.98 Å². The average molecular weight is 362 g/mol. The molecular formula is C12H7BrClFN2O3. The van der Waals surface area contributed by atoms with Gasteiger partial charge in [-0.25, -0.2) is 4.39 Å². The summed E-state index contributed by atoms with van der Waals surface area (Å²) in [6.45, 7) is -0.0222. The highest BCUT2D eigenvalue weighted by Gasteiger charge is 2.20. The van der Waals surface area contributed by atoms with Crippen molar-refractivity contribution in [2.24, 2.45) is 0 Å². The van der Waals surface area contributed by atoms with Crippen LogP contribution in [0.1, 0.15) is 5.69 Å². The first-order chi connectivity index (χ1) is 9.47. The van der Waals surface area contributed by atoms with E-state index in [1.165, 1.54) is 6.20 Å². The first kappa shape index (κ1) is 14.7. The molecule has 104 valence electrons. The van der Waals surface area contributed by atoms with E-state index in [1.807, 2.05) is 0 Å². The summed E-state index contributed by atoms with van der Waals surface area (Å²) in [5, 5.41) is 11.4. The van der Waals surface area contributed by atoms with Crippen molar-refractivity contribution < 1.29 is 14.1 Å². The molecule has 0 fully saturated rings. The number of halogens is 3. The summed E-state index contributed by atoms with van der Waals surface area (Å²) in [7, 11) is 0. The quantitative estimate of drug-likeness (QED) is 0.607. The fourth-order valence-corrected chi connectivity index (χ4v) is 2.22. The van der Waals surface area contributed by atoms with Crippen molar-refractivity contribution >= 4 is 33.2 Å². The Morgan fingerprint density at radius 3 is 2.85 bits per heavy atom. The van der Waals surface area contributed by atoms with E-state index in [2.05, 4.69) is 20.9 Å². The minimum Gasteiger partial charge on any atom is -0.480 e. The molecule has 20 heavy (non-hydrogen) atoms. The van der Waals surface area contributed by atoms with Gasteiger partial charge in [0.1, 0.15) is 12.4 Å². The van der Waals surface area contributed by atoms with Gasteiger partial charge in [-0.3, -0.25) is 15.1 Å². The molecule has 0 saturated heterocycles. The van der Waals surface area contributed by atoms with E-state index in [4.69, 9.17) is 16.3 Å². The first-order valence-corrected chi connectivity index (χ1v) is 6.51. The van der Waals surface area contributed by atoms with Gasteiger partial charge >= 0.3 is 5.69 Å². The smallest absolute Gasteiger partial charge is 0.315 e. The maximum absolute atomic E-state index is 13.2. The van der Waals surface area contributed by atoms with Crippen LogP contribution in [0.4, 0.5) is 10.1 Å². The predicted molar refractivity (Wildman–Crippen MR) is 74.3 cm³/mol. The van der Waals surface area contributed by atoms with Gasteiger partial charge in [0.05, 0.1) is 21.2 Å². The Labute approximate surface area is 126 Å². The molecule has 2 aromatic rings. The Kier molecular flexibility index (Phi) is 4.51. The van der Waals surface area contributed by atoms with Gasteiger partial charge in [-0.2, -0.15) is 0 Å². The SMILES string of the molecule is O=[N+]([O-])c1cc(F)cc(Br)c1OCc1cc(Cl)ccn1. The van der Waals surface area contributed by atoms with E-state index in [-0.39, 0.29) is 16.8 Å². The van der Waals surface area contributed by atoms with Gasteiger partial charge in [0, 0.05) is 11.2 Å². The average Bonchev–Trinajstić information content (AvgIpc) is 2.36. The number of hydrogen-bond acceptors (Lipinski definition) is 4. The molecule has 0 unspecified atom stereocenters. The van der Waals surface area contributed by atoms with Crippen LogP contribution in [-0.2, 0) is 6.61 Å². The fourth-order valence-electron chi connectivity index (χ4n) is 1.50. The molecule has 1 heterocycles. The molecule has 0 bridgehead atoms. The lowest BCUT2D eigenvalue weighted by Gasteiger charge is -2.08. The van der Waals surface area contributed by atoms with Crippen LogP contribution in [0.25, 0.3) is 0 Å². The van der Waals surface area contributed by atoms with Gasteiger partial charge in [0.25, 0.3) is 0 Å². The third-order valence-electron chi connectivity index (χ3n) is 2.33. The van der Waals surface area contributed by atoms with Crippen molar-refractivity contribution in [3.8, 4) is 5.75 Å². The molecule has 1 aromatic heterocycles. The Balaban J connectivity index is 2.27. The van der Waals surface area contributed by atoms with Crippen LogP contribution < -0.4 is 4.74 Å². The summed E-state index contributed by atoms with van der Waals surface area (Å²) in [5.41, 5.74) is 0.0435. The Bertz CT molecular complexity index is 669. The molecule has 0 amide bonds. The maximum atomic E-state index is 13.2. The number of aromatic nitrogens is 1. The summed E-state index contributed by atoms with van der Waals surface area (Å²) in [6.07, 6.45) is 1.50. The van der Waals surface area contributed by atoms with E-state index in [1.54, 1.807) is 12.1 Å². The van der Waals surface area contributed by atoms with E-state index in [0.29, 0.717) is 10.7 Å². The Hall–Kier alpha value is -1.73. The Morgan fingerprint density at radius 2 is 2.20 bits per heavy atom. The van der Waals surface area contributed by atoms with E-state index in [0.717, 1.165) is 12.1 Å². The lowest BCUT2D eigenvalue weighted by atomic mass is 10.3. The summed E-state index contributed by atoms with van der Waals surface area (Å²) in [6, 6.07) is 5.06. The number of ether oxygens (including phenoxy) is 1. The zero-order valence-corrected chi connectivity index (χ0v) is 12.2. The number of nitro groups is 1. The van der Waals surface area contributed by atoms with Gasteiger partial charge in [0.15, 0.2) is 0 Å². The molecule has 0 saturated carbocycles. The summed E-state index contributed by atoms with van der Waals surface area (Å²) < 4.78 is 18.7. The van der Waals surface area contributed by atoms with Gasteiger partial charge in [-0.05, 0) is 34.1 Å². The minimum absolute atomic E-state index is 0.0222. The van der Waals surface area contributed by atoms with E-state index in [9.17, 15) is 14.5 Å². The number of nitrogens with zero attached hydrogens (tertiary/aromatic N) is 2. The fraction of sp³-hybridized carbons (Fsp3) is 0.0833. The molecule has 0 radical (unpaired) electrons. The normalized spacial score (nSPS) is 10.3. The first-order valence-electron chi connectivity index (χ1n) is 5.34. The molecule has 0 N–H and O–H groups in total. The van der Waals surface area contributed by atoms with Crippen LogP contribution in [0, 0.1) is 15.9 Å². The second-order valence-corrected chi connectivity index (χ2v) is 5.04. The lowest BCUT2D eigenvalue weighted by Crippen LogP contribution is -2.02. The summed E-state index contributed by atoms with van der Waals surface area (Å²) >= 11 is 8.84. The zero-order valence-electron chi connectivity index (χ0n) is 9.85. The minimum atomic E-state index is -0.725. The number of hydrogen-bond donors (Lipinski definition) is 0. The number of benzene rings is 1. The summed E-state index contributed by atoms with van der Waals surface area (Å²) in [4.78, 5) is 14.2. The van der Waals surface area contributed by atoms with Crippen molar-refractivity contribution in [1.29, 1.82) is 0 Å². The van der Waals surface area contributed by atoms with Gasteiger partial charge in [0.2, 0.25) is 5.75 Å². The van der Waals surface area contributed by atoms with E-state index >= 15 is 0 Å². The monoisotopic (exact) mass is 360 g/mol. The molecule has 2 rings (SSSR count). The maximum Gasteiger partial charge on any atom is 0.315 e. The zero-order chi connectivity index (χ0) is 14.7. The number of pyridine rings is 1. The number of rotatable bonds is 4. The molecule has 0 spiro atoms.